The summed E-state index contributed by atoms with van der Waals surface area (Å²) in [5, 5.41) is 7.05. The molecule has 0 spiro atoms. The zero-order valence-electron chi connectivity index (χ0n) is 12.0. The van der Waals surface area contributed by atoms with Gasteiger partial charge in [-0.2, -0.15) is 0 Å². The zero-order valence-corrected chi connectivity index (χ0v) is 13.6. The Labute approximate surface area is 133 Å². The first-order valence-electron chi connectivity index (χ1n) is 6.83. The number of hydrogen-bond donors (Lipinski definition) is 1. The van der Waals surface area contributed by atoms with E-state index in [1.54, 1.807) is 25.6 Å². The van der Waals surface area contributed by atoms with Crippen molar-refractivity contribution < 1.29 is 9.47 Å². The molecule has 1 saturated heterocycles. The van der Waals surface area contributed by atoms with Crippen LogP contribution in [-0.2, 0) is 0 Å². The number of benzene rings is 1. The molecule has 3 rings (SSSR count). The van der Waals surface area contributed by atoms with Gasteiger partial charge in [-0.3, -0.25) is 0 Å². The highest BCUT2D eigenvalue weighted by molar-refractivity contribution is 7.13. The Bertz CT molecular complexity index is 639. The normalized spacial score (nSPS) is 18.0. The predicted octanol–water partition coefficient (Wildman–Crippen LogP) is 3.91. The lowest BCUT2D eigenvalue weighted by molar-refractivity contribution is 0.355. The fraction of sp³-hybridized carbons (Fsp3) is 0.400. The van der Waals surface area contributed by atoms with Crippen LogP contribution in [0.2, 0.25) is 5.02 Å². The summed E-state index contributed by atoms with van der Waals surface area (Å²) in [6, 6.07) is 4.16. The van der Waals surface area contributed by atoms with E-state index in [2.05, 4.69) is 10.7 Å². The molecule has 21 heavy (non-hydrogen) atoms. The first-order valence-corrected chi connectivity index (χ1v) is 8.09. The zero-order chi connectivity index (χ0) is 14.8. The van der Waals surface area contributed by atoms with Gasteiger partial charge in [0.05, 0.1) is 31.0 Å². The van der Waals surface area contributed by atoms with E-state index in [9.17, 15) is 0 Å². The second-order valence-corrected chi connectivity index (χ2v) is 6.19. The van der Waals surface area contributed by atoms with E-state index in [0.29, 0.717) is 22.6 Å². The highest BCUT2D eigenvalue weighted by Gasteiger charge is 2.20. The molecule has 0 amide bonds. The molecular formula is C15H17ClN2O2S. The van der Waals surface area contributed by atoms with E-state index in [0.717, 1.165) is 29.2 Å². The summed E-state index contributed by atoms with van der Waals surface area (Å²) in [4.78, 5) is 4.74. The Kier molecular flexibility index (Phi) is 4.33. The fourth-order valence-electron chi connectivity index (χ4n) is 2.56. The maximum Gasteiger partial charge on any atom is 0.179 e. The summed E-state index contributed by atoms with van der Waals surface area (Å²) < 4.78 is 10.6. The van der Waals surface area contributed by atoms with E-state index in [1.165, 1.54) is 6.42 Å². The monoisotopic (exact) mass is 324 g/mol. The summed E-state index contributed by atoms with van der Waals surface area (Å²) in [5.74, 6) is 1.17. The number of nitrogens with zero attached hydrogens (tertiary/aromatic N) is 1. The smallest absolute Gasteiger partial charge is 0.179 e. The molecule has 1 aliphatic rings. The summed E-state index contributed by atoms with van der Waals surface area (Å²) in [5.41, 5.74) is 2.06. The molecule has 1 fully saturated rings. The van der Waals surface area contributed by atoms with Crippen LogP contribution in [0.1, 0.15) is 24.6 Å². The molecule has 2 heterocycles. The minimum atomic E-state index is 0.380. The molecule has 1 aliphatic heterocycles. The summed E-state index contributed by atoms with van der Waals surface area (Å²) in [6.07, 6.45) is 2.36. The number of thiazole rings is 1. The van der Waals surface area contributed by atoms with E-state index in [1.807, 2.05) is 12.1 Å². The molecule has 0 aliphatic carbocycles. The van der Waals surface area contributed by atoms with Gasteiger partial charge in [-0.25, -0.2) is 4.98 Å². The van der Waals surface area contributed by atoms with Crippen molar-refractivity contribution in [2.24, 2.45) is 0 Å². The van der Waals surface area contributed by atoms with Gasteiger partial charge < -0.3 is 14.8 Å². The van der Waals surface area contributed by atoms with Crippen molar-refractivity contribution in [2.45, 2.75) is 18.9 Å². The molecule has 0 saturated carbocycles. The van der Waals surface area contributed by atoms with E-state index in [4.69, 9.17) is 26.1 Å². The van der Waals surface area contributed by atoms with Crippen LogP contribution in [0.15, 0.2) is 17.5 Å². The molecule has 4 nitrogen and oxygen atoms in total. The Morgan fingerprint density at radius 2 is 2.19 bits per heavy atom. The maximum absolute atomic E-state index is 6.26. The Morgan fingerprint density at radius 1 is 1.33 bits per heavy atom. The number of halogens is 1. The molecule has 1 N–H and O–H groups in total. The third-order valence-corrected chi connectivity index (χ3v) is 4.81. The third-order valence-electron chi connectivity index (χ3n) is 3.62. The van der Waals surface area contributed by atoms with Gasteiger partial charge in [0.2, 0.25) is 0 Å². The third kappa shape index (κ3) is 2.86. The van der Waals surface area contributed by atoms with Crippen LogP contribution in [0, 0.1) is 0 Å². The molecule has 1 aromatic carbocycles. The standard InChI is InChI=1S/C15H17ClN2O2S/c1-19-13-7-9(6-10(16)14(13)20-2)15-18-12(8-21-15)11-4-3-5-17-11/h6-8,11,17H,3-5H2,1-2H3. The second-order valence-electron chi connectivity index (χ2n) is 4.92. The van der Waals surface area contributed by atoms with Crippen molar-refractivity contribution in [1.29, 1.82) is 0 Å². The Hall–Kier alpha value is -1.30. The van der Waals surface area contributed by atoms with Gasteiger partial charge in [-0.1, -0.05) is 11.6 Å². The van der Waals surface area contributed by atoms with Crippen LogP contribution in [0.4, 0.5) is 0 Å². The predicted molar refractivity (Wildman–Crippen MR) is 85.6 cm³/mol. The molecule has 1 aromatic heterocycles. The van der Waals surface area contributed by atoms with E-state index < -0.39 is 0 Å². The highest BCUT2D eigenvalue weighted by Crippen LogP contribution is 2.40. The molecule has 0 radical (unpaired) electrons. The first-order chi connectivity index (χ1) is 10.2. The van der Waals surface area contributed by atoms with Gasteiger partial charge in [-0.05, 0) is 31.5 Å². The van der Waals surface area contributed by atoms with Gasteiger partial charge >= 0.3 is 0 Å². The number of rotatable bonds is 4. The quantitative estimate of drug-likeness (QED) is 0.926. The average Bonchev–Trinajstić information content (AvgIpc) is 3.16. The molecule has 1 atom stereocenters. The van der Waals surface area contributed by atoms with Crippen molar-refractivity contribution in [3.63, 3.8) is 0 Å². The minimum Gasteiger partial charge on any atom is -0.493 e. The number of nitrogens with one attached hydrogen (secondary N) is 1. The topological polar surface area (TPSA) is 43.4 Å². The molecule has 0 bridgehead atoms. The lowest BCUT2D eigenvalue weighted by Crippen LogP contribution is -2.12. The second kappa shape index (κ2) is 6.22. The van der Waals surface area contributed by atoms with Gasteiger partial charge in [0.15, 0.2) is 11.5 Å². The lowest BCUT2D eigenvalue weighted by Gasteiger charge is -2.10. The number of aromatic nitrogens is 1. The number of ether oxygens (including phenoxy) is 2. The van der Waals surface area contributed by atoms with Gasteiger partial charge in [0.25, 0.3) is 0 Å². The van der Waals surface area contributed by atoms with Crippen molar-refractivity contribution in [2.75, 3.05) is 20.8 Å². The largest absolute Gasteiger partial charge is 0.493 e. The maximum atomic E-state index is 6.26. The summed E-state index contributed by atoms with van der Waals surface area (Å²) >= 11 is 7.88. The van der Waals surface area contributed by atoms with Crippen molar-refractivity contribution in [3.05, 3.63) is 28.2 Å². The van der Waals surface area contributed by atoms with E-state index >= 15 is 0 Å². The van der Waals surface area contributed by atoms with Crippen LogP contribution in [0.3, 0.4) is 0 Å². The molecule has 1 unspecified atom stereocenters. The Morgan fingerprint density at radius 3 is 2.86 bits per heavy atom. The fourth-order valence-corrected chi connectivity index (χ4v) is 3.71. The number of hydrogen-bond acceptors (Lipinski definition) is 5. The van der Waals surface area contributed by atoms with Crippen molar-refractivity contribution in [1.82, 2.24) is 10.3 Å². The first kappa shape index (κ1) is 14.6. The molecule has 6 heteroatoms. The van der Waals surface area contributed by atoms with Crippen LogP contribution in [-0.4, -0.2) is 25.7 Å². The lowest BCUT2D eigenvalue weighted by atomic mass is 10.2. The molecular weight excluding hydrogens is 308 g/mol. The minimum absolute atomic E-state index is 0.380. The van der Waals surface area contributed by atoms with Crippen LogP contribution in [0.25, 0.3) is 10.6 Å². The Balaban J connectivity index is 1.95. The van der Waals surface area contributed by atoms with Gasteiger partial charge in [0.1, 0.15) is 5.01 Å². The summed E-state index contributed by atoms with van der Waals surface area (Å²) in [6.45, 7) is 1.07. The molecule has 112 valence electrons. The highest BCUT2D eigenvalue weighted by atomic mass is 35.5. The summed E-state index contributed by atoms with van der Waals surface area (Å²) in [7, 11) is 3.18. The van der Waals surface area contributed by atoms with Crippen LogP contribution in [0.5, 0.6) is 11.5 Å². The van der Waals surface area contributed by atoms with Gasteiger partial charge in [-0.15, -0.1) is 11.3 Å². The van der Waals surface area contributed by atoms with Crippen LogP contribution < -0.4 is 14.8 Å². The number of methoxy groups -OCH3 is 2. The van der Waals surface area contributed by atoms with Crippen molar-refractivity contribution in [3.8, 4) is 22.1 Å². The van der Waals surface area contributed by atoms with Crippen molar-refractivity contribution >= 4 is 22.9 Å². The van der Waals surface area contributed by atoms with Crippen LogP contribution >= 0.6 is 22.9 Å². The van der Waals surface area contributed by atoms with Gasteiger partial charge in [0, 0.05) is 10.9 Å². The SMILES string of the molecule is COc1cc(-c2nc(C3CCCN3)cs2)cc(Cl)c1OC. The molecule has 2 aromatic rings. The average molecular weight is 325 g/mol. The van der Waals surface area contributed by atoms with E-state index in [-0.39, 0.29) is 0 Å².